The van der Waals surface area contributed by atoms with E-state index in [1.807, 2.05) is 6.92 Å². The van der Waals surface area contributed by atoms with Crippen molar-refractivity contribution in [1.29, 1.82) is 0 Å². The second-order valence-electron chi connectivity index (χ2n) is 4.06. The number of nitrogens with one attached hydrogen (secondary N) is 1. The largest absolute Gasteiger partial charge is 0.394 e. The Morgan fingerprint density at radius 3 is 2.44 bits per heavy atom. The average Bonchev–Trinajstić information content (AvgIpc) is 2.28. The molecule has 1 heterocycles. The lowest BCUT2D eigenvalue weighted by atomic mass is 9.96. The van der Waals surface area contributed by atoms with Crippen LogP contribution in [0.25, 0.3) is 0 Å². The molecule has 6 heteroatoms. The monoisotopic (exact) mass is 235 g/mol. The second-order valence-corrected chi connectivity index (χ2v) is 4.06. The van der Waals surface area contributed by atoms with E-state index in [2.05, 4.69) is 5.32 Å². The molecule has 1 saturated heterocycles. The van der Waals surface area contributed by atoms with Crippen LogP contribution in [-0.2, 0) is 4.74 Å². The Morgan fingerprint density at radius 1 is 1.19 bits per heavy atom. The molecule has 0 aromatic carbocycles. The molecule has 6 nitrogen and oxygen atoms in total. The molecule has 1 aliphatic heterocycles. The maximum atomic E-state index is 9.80. The minimum Gasteiger partial charge on any atom is -0.394 e. The molecule has 1 rings (SSSR count). The van der Waals surface area contributed by atoms with E-state index in [0.29, 0.717) is 6.54 Å². The van der Waals surface area contributed by atoms with Gasteiger partial charge in [-0.2, -0.15) is 0 Å². The van der Waals surface area contributed by atoms with E-state index >= 15 is 0 Å². The van der Waals surface area contributed by atoms with Crippen LogP contribution in [0.5, 0.6) is 0 Å². The van der Waals surface area contributed by atoms with Crippen molar-refractivity contribution in [2.75, 3.05) is 13.2 Å². The molecule has 5 atom stereocenters. The van der Waals surface area contributed by atoms with Crippen LogP contribution < -0.4 is 5.32 Å². The van der Waals surface area contributed by atoms with Gasteiger partial charge in [0.05, 0.1) is 12.6 Å². The highest BCUT2D eigenvalue weighted by Crippen LogP contribution is 2.19. The van der Waals surface area contributed by atoms with Gasteiger partial charge in [0.25, 0.3) is 0 Å². The predicted octanol–water partition coefficient (Wildman–Crippen LogP) is -1.82. The first kappa shape index (κ1) is 13.8. The van der Waals surface area contributed by atoms with Crippen molar-refractivity contribution in [2.24, 2.45) is 0 Å². The Labute approximate surface area is 94.9 Å². The molecule has 5 N–H and O–H groups in total. The summed E-state index contributed by atoms with van der Waals surface area (Å²) >= 11 is 0. The average molecular weight is 235 g/mol. The minimum atomic E-state index is -1.38. The maximum absolute atomic E-state index is 9.80. The third-order valence-electron chi connectivity index (χ3n) is 2.81. The van der Waals surface area contributed by atoms with Crippen LogP contribution >= 0.6 is 0 Å². The zero-order chi connectivity index (χ0) is 12.1. The molecule has 0 unspecified atom stereocenters. The molecule has 0 radical (unpaired) electrons. The second kappa shape index (κ2) is 6.48. The molecule has 0 aromatic rings. The molecule has 1 fully saturated rings. The van der Waals surface area contributed by atoms with Crippen molar-refractivity contribution in [3.63, 3.8) is 0 Å². The van der Waals surface area contributed by atoms with Gasteiger partial charge in [-0.05, 0) is 13.0 Å². The minimum absolute atomic E-state index is 0.392. The third kappa shape index (κ3) is 3.13. The van der Waals surface area contributed by atoms with E-state index in [1.54, 1.807) is 0 Å². The van der Waals surface area contributed by atoms with Crippen LogP contribution in [0.2, 0.25) is 0 Å². The molecule has 0 bridgehead atoms. The Balaban J connectivity index is 2.55. The maximum Gasteiger partial charge on any atom is 0.183 e. The van der Waals surface area contributed by atoms with Crippen LogP contribution in [0.3, 0.4) is 0 Å². The van der Waals surface area contributed by atoms with Gasteiger partial charge in [0, 0.05) is 0 Å². The third-order valence-corrected chi connectivity index (χ3v) is 2.81. The number of ether oxygens (including phenoxy) is 1. The molecular weight excluding hydrogens is 214 g/mol. The first-order valence-corrected chi connectivity index (χ1v) is 5.65. The van der Waals surface area contributed by atoms with Gasteiger partial charge in [-0.15, -0.1) is 0 Å². The standard InChI is InChI=1S/C10H21NO5/c1-2-3-4-11-7-8(13)6(5-12)16-10(15)9(7)14/h6-15H,2-5H2,1H3/t6-,7-,8-,9-,10+/m1/s1. The van der Waals surface area contributed by atoms with Gasteiger partial charge in [-0.25, -0.2) is 0 Å². The van der Waals surface area contributed by atoms with Gasteiger partial charge in [-0.1, -0.05) is 13.3 Å². The summed E-state index contributed by atoms with van der Waals surface area (Å²) in [5, 5.41) is 40.7. The van der Waals surface area contributed by atoms with Gasteiger partial charge in [0.1, 0.15) is 18.3 Å². The molecule has 0 saturated carbocycles. The van der Waals surface area contributed by atoms with Crippen molar-refractivity contribution in [3.8, 4) is 0 Å². The molecular formula is C10H21NO5. The van der Waals surface area contributed by atoms with Gasteiger partial charge >= 0.3 is 0 Å². The highest BCUT2D eigenvalue weighted by Gasteiger charge is 2.43. The van der Waals surface area contributed by atoms with E-state index in [-0.39, 0.29) is 0 Å². The number of aliphatic hydroxyl groups excluding tert-OH is 4. The summed E-state index contributed by atoms with van der Waals surface area (Å²) in [6.07, 6.45) is -2.54. The SMILES string of the molecule is CCCCN[C@H]1[C@@H](O)[C@@H](O)O[C@H](CO)[C@H]1O. The molecule has 96 valence electrons. The Morgan fingerprint density at radius 2 is 1.88 bits per heavy atom. The van der Waals surface area contributed by atoms with Crippen molar-refractivity contribution in [3.05, 3.63) is 0 Å². The predicted molar refractivity (Wildman–Crippen MR) is 56.7 cm³/mol. The summed E-state index contributed by atoms with van der Waals surface area (Å²) in [5.41, 5.74) is 0. The van der Waals surface area contributed by atoms with Crippen molar-refractivity contribution in [2.45, 2.75) is 50.4 Å². The van der Waals surface area contributed by atoms with E-state index in [1.165, 1.54) is 0 Å². The zero-order valence-corrected chi connectivity index (χ0v) is 9.41. The van der Waals surface area contributed by atoms with Gasteiger partial charge < -0.3 is 30.5 Å². The first-order valence-electron chi connectivity index (χ1n) is 5.65. The molecule has 0 spiro atoms. The Kier molecular flexibility index (Phi) is 5.60. The number of unbranched alkanes of at least 4 members (excludes halogenated alkanes) is 1. The lowest BCUT2D eigenvalue weighted by Crippen LogP contribution is -2.63. The number of hydrogen-bond acceptors (Lipinski definition) is 6. The highest BCUT2D eigenvalue weighted by molar-refractivity contribution is 4.93. The number of rotatable bonds is 5. The topological polar surface area (TPSA) is 102 Å². The lowest BCUT2D eigenvalue weighted by Gasteiger charge is -2.40. The van der Waals surface area contributed by atoms with Crippen LogP contribution in [0.15, 0.2) is 0 Å². The molecule has 16 heavy (non-hydrogen) atoms. The van der Waals surface area contributed by atoms with Crippen LogP contribution in [-0.4, -0.2) is 64.2 Å². The normalized spacial score (nSPS) is 39.9. The summed E-state index contributed by atoms with van der Waals surface area (Å²) < 4.78 is 4.86. The fraction of sp³-hybridized carbons (Fsp3) is 1.00. The van der Waals surface area contributed by atoms with E-state index in [9.17, 15) is 15.3 Å². The quantitative estimate of drug-likeness (QED) is 0.359. The van der Waals surface area contributed by atoms with Crippen LogP contribution in [0.1, 0.15) is 19.8 Å². The molecule has 0 aromatic heterocycles. The summed E-state index contributed by atoms with van der Waals surface area (Å²) in [7, 11) is 0. The van der Waals surface area contributed by atoms with Crippen LogP contribution in [0, 0.1) is 0 Å². The van der Waals surface area contributed by atoms with Gasteiger partial charge in [0.15, 0.2) is 6.29 Å². The smallest absolute Gasteiger partial charge is 0.183 e. The molecule has 0 aliphatic carbocycles. The van der Waals surface area contributed by atoms with Crippen molar-refractivity contribution < 1.29 is 25.2 Å². The summed E-state index contributed by atoms with van der Waals surface area (Å²) in [4.78, 5) is 0. The van der Waals surface area contributed by atoms with Crippen molar-refractivity contribution >= 4 is 0 Å². The summed E-state index contributed by atoms with van der Waals surface area (Å²) in [5.74, 6) is 0. The van der Waals surface area contributed by atoms with Gasteiger partial charge in [-0.3, -0.25) is 0 Å². The summed E-state index contributed by atoms with van der Waals surface area (Å²) in [6.45, 7) is 2.28. The van der Waals surface area contributed by atoms with Crippen LogP contribution in [0.4, 0.5) is 0 Å². The van der Waals surface area contributed by atoms with Crippen molar-refractivity contribution in [1.82, 2.24) is 5.32 Å². The first-order chi connectivity index (χ1) is 7.61. The molecule has 0 amide bonds. The fourth-order valence-corrected chi connectivity index (χ4v) is 1.79. The fourth-order valence-electron chi connectivity index (χ4n) is 1.79. The van der Waals surface area contributed by atoms with E-state index in [0.717, 1.165) is 12.8 Å². The van der Waals surface area contributed by atoms with E-state index in [4.69, 9.17) is 9.84 Å². The lowest BCUT2D eigenvalue weighted by molar-refractivity contribution is -0.262. The van der Waals surface area contributed by atoms with E-state index < -0.39 is 37.3 Å². The molecule has 1 aliphatic rings. The number of aliphatic hydroxyl groups is 4. The zero-order valence-electron chi connectivity index (χ0n) is 9.41. The van der Waals surface area contributed by atoms with Gasteiger partial charge in [0.2, 0.25) is 0 Å². The Hall–Kier alpha value is -0.240. The Bertz CT molecular complexity index is 204. The summed E-state index contributed by atoms with van der Waals surface area (Å²) in [6, 6.07) is -0.674. The highest BCUT2D eigenvalue weighted by atomic mass is 16.6. The number of hydrogen-bond donors (Lipinski definition) is 5.